The maximum atomic E-state index is 13.5. The van der Waals surface area contributed by atoms with Crippen molar-refractivity contribution in [3.8, 4) is 0 Å². The monoisotopic (exact) mass is 418 g/mol. The maximum absolute atomic E-state index is 13.5. The molecule has 3 aromatic rings. The fraction of sp³-hybridized carbons (Fsp3) is 0.308. The fourth-order valence-corrected chi connectivity index (χ4v) is 4.39. The normalized spacial score (nSPS) is 17.1. The van der Waals surface area contributed by atoms with Crippen molar-refractivity contribution in [1.82, 2.24) is 10.2 Å². The Bertz CT molecular complexity index is 1120. The van der Waals surface area contributed by atoms with Gasteiger partial charge in [0.2, 0.25) is 11.8 Å². The number of carbonyl (C=O) groups is 2. The van der Waals surface area contributed by atoms with E-state index in [-0.39, 0.29) is 23.5 Å². The molecule has 4 nitrogen and oxygen atoms in total. The third-order valence-corrected chi connectivity index (χ3v) is 6.03. The summed E-state index contributed by atoms with van der Waals surface area (Å²) in [7, 11) is 0. The number of hydrogen-bond donors (Lipinski definition) is 1. The Kier molecular flexibility index (Phi) is 5.77. The van der Waals surface area contributed by atoms with Crippen LogP contribution in [0.5, 0.6) is 0 Å². The zero-order valence-corrected chi connectivity index (χ0v) is 17.9. The van der Waals surface area contributed by atoms with Gasteiger partial charge >= 0.3 is 0 Å². The van der Waals surface area contributed by atoms with Crippen LogP contribution in [0.1, 0.15) is 37.8 Å². The molecule has 1 aliphatic rings. The van der Waals surface area contributed by atoms with Gasteiger partial charge in [-0.1, -0.05) is 54.6 Å². The van der Waals surface area contributed by atoms with E-state index in [0.29, 0.717) is 25.9 Å². The number of fused-ring (bicyclic) bond motifs is 1. The molecule has 31 heavy (non-hydrogen) atoms. The Hall–Kier alpha value is -3.21. The second kappa shape index (κ2) is 8.50. The van der Waals surface area contributed by atoms with Crippen LogP contribution in [-0.4, -0.2) is 23.3 Å². The second-order valence-electron chi connectivity index (χ2n) is 8.78. The van der Waals surface area contributed by atoms with Gasteiger partial charge in [-0.25, -0.2) is 4.39 Å². The van der Waals surface area contributed by atoms with Crippen LogP contribution in [0.25, 0.3) is 10.8 Å². The Labute approximate surface area is 182 Å². The summed E-state index contributed by atoms with van der Waals surface area (Å²) in [6.45, 7) is 4.66. The molecule has 0 saturated carbocycles. The van der Waals surface area contributed by atoms with Crippen LogP contribution in [0, 0.1) is 11.7 Å². The van der Waals surface area contributed by atoms with Gasteiger partial charge < -0.3 is 10.2 Å². The SMILES string of the molecule is CC(C)(NC(=O)C1CCC(=O)N(Cc2cccc(F)c2)C1)c1cccc2ccccc12. The lowest BCUT2D eigenvalue weighted by Crippen LogP contribution is -2.49. The Morgan fingerprint density at radius 2 is 1.84 bits per heavy atom. The molecule has 0 spiro atoms. The minimum atomic E-state index is -0.563. The van der Waals surface area contributed by atoms with Gasteiger partial charge in [0.1, 0.15) is 5.82 Å². The molecule has 1 fully saturated rings. The highest BCUT2D eigenvalue weighted by molar-refractivity contribution is 5.88. The number of likely N-dealkylation sites (tertiary alicyclic amines) is 1. The van der Waals surface area contributed by atoms with Crippen molar-refractivity contribution in [2.75, 3.05) is 6.54 Å². The number of benzene rings is 3. The molecule has 0 radical (unpaired) electrons. The van der Waals surface area contributed by atoms with E-state index in [4.69, 9.17) is 0 Å². The quantitative estimate of drug-likeness (QED) is 0.649. The molecule has 0 aromatic heterocycles. The van der Waals surface area contributed by atoms with Crippen LogP contribution in [0.4, 0.5) is 4.39 Å². The number of carbonyl (C=O) groups excluding carboxylic acids is 2. The molecule has 4 rings (SSSR count). The van der Waals surface area contributed by atoms with Crippen molar-refractivity contribution in [2.24, 2.45) is 5.92 Å². The summed E-state index contributed by atoms with van der Waals surface area (Å²) in [5.74, 6) is -0.676. The van der Waals surface area contributed by atoms with E-state index in [9.17, 15) is 14.0 Å². The third-order valence-electron chi connectivity index (χ3n) is 6.03. The molecule has 1 atom stereocenters. The minimum absolute atomic E-state index is 0.00150. The number of piperidine rings is 1. The number of amides is 2. The van der Waals surface area contributed by atoms with Crippen molar-refractivity contribution in [3.63, 3.8) is 0 Å². The van der Waals surface area contributed by atoms with E-state index in [1.807, 2.05) is 38.1 Å². The first-order chi connectivity index (χ1) is 14.8. The van der Waals surface area contributed by atoms with E-state index in [1.54, 1.807) is 17.0 Å². The average Bonchev–Trinajstić information content (AvgIpc) is 2.74. The summed E-state index contributed by atoms with van der Waals surface area (Å²) in [6, 6.07) is 20.5. The summed E-state index contributed by atoms with van der Waals surface area (Å²) in [5.41, 5.74) is 1.22. The molecule has 1 saturated heterocycles. The molecular formula is C26H27FN2O2. The molecule has 1 aliphatic heterocycles. The molecule has 1 unspecified atom stereocenters. The fourth-order valence-electron chi connectivity index (χ4n) is 4.39. The average molecular weight is 419 g/mol. The first-order valence-corrected chi connectivity index (χ1v) is 10.7. The van der Waals surface area contributed by atoms with E-state index in [2.05, 4.69) is 23.5 Å². The maximum Gasteiger partial charge on any atom is 0.225 e. The van der Waals surface area contributed by atoms with Crippen molar-refractivity contribution in [2.45, 2.75) is 38.8 Å². The molecule has 3 aromatic carbocycles. The summed E-state index contributed by atoms with van der Waals surface area (Å²) >= 11 is 0. The molecule has 0 bridgehead atoms. The number of hydrogen-bond acceptors (Lipinski definition) is 2. The first-order valence-electron chi connectivity index (χ1n) is 10.7. The standard InChI is InChI=1S/C26H27FN2O2/c1-26(2,23-12-6-9-19-8-3-4-11-22(19)23)28-25(31)20-13-14-24(30)29(17-20)16-18-7-5-10-21(27)15-18/h3-12,15,20H,13-14,16-17H2,1-2H3,(H,28,31). The highest BCUT2D eigenvalue weighted by Crippen LogP contribution is 2.29. The summed E-state index contributed by atoms with van der Waals surface area (Å²) < 4.78 is 13.5. The topological polar surface area (TPSA) is 49.4 Å². The number of rotatable bonds is 5. The molecular weight excluding hydrogens is 391 g/mol. The van der Waals surface area contributed by atoms with Gasteiger partial charge in [-0.15, -0.1) is 0 Å². The zero-order valence-electron chi connectivity index (χ0n) is 17.9. The van der Waals surface area contributed by atoms with E-state index >= 15 is 0 Å². The third kappa shape index (κ3) is 4.61. The highest BCUT2D eigenvalue weighted by Gasteiger charge is 2.33. The van der Waals surface area contributed by atoms with Crippen LogP contribution in [0.3, 0.4) is 0 Å². The summed E-state index contributed by atoms with van der Waals surface area (Å²) in [6.07, 6.45) is 0.845. The molecule has 5 heteroatoms. The van der Waals surface area contributed by atoms with Crippen LogP contribution >= 0.6 is 0 Å². The van der Waals surface area contributed by atoms with Crippen LogP contribution in [0.15, 0.2) is 66.7 Å². The van der Waals surface area contributed by atoms with Gasteiger partial charge in [0.15, 0.2) is 0 Å². The molecule has 1 heterocycles. The van der Waals surface area contributed by atoms with E-state index < -0.39 is 5.54 Å². The van der Waals surface area contributed by atoms with Crippen molar-refractivity contribution in [1.29, 1.82) is 0 Å². The lowest BCUT2D eigenvalue weighted by Gasteiger charge is -2.35. The zero-order chi connectivity index (χ0) is 22.0. The summed E-state index contributed by atoms with van der Waals surface area (Å²) in [5, 5.41) is 5.45. The number of halogens is 1. The predicted molar refractivity (Wildman–Crippen MR) is 120 cm³/mol. The Morgan fingerprint density at radius 3 is 2.65 bits per heavy atom. The van der Waals surface area contributed by atoms with Gasteiger partial charge in [0, 0.05) is 19.5 Å². The lowest BCUT2D eigenvalue weighted by atomic mass is 9.88. The van der Waals surface area contributed by atoms with Gasteiger partial charge in [0.05, 0.1) is 11.5 Å². The number of nitrogens with one attached hydrogen (secondary N) is 1. The van der Waals surface area contributed by atoms with E-state index in [1.165, 1.54) is 12.1 Å². The summed E-state index contributed by atoms with van der Waals surface area (Å²) in [4.78, 5) is 27.2. The largest absolute Gasteiger partial charge is 0.347 e. The minimum Gasteiger partial charge on any atom is -0.347 e. The van der Waals surface area contributed by atoms with Gasteiger partial charge in [-0.2, -0.15) is 0 Å². The second-order valence-corrected chi connectivity index (χ2v) is 8.78. The highest BCUT2D eigenvalue weighted by atomic mass is 19.1. The number of nitrogens with zero attached hydrogens (tertiary/aromatic N) is 1. The van der Waals surface area contributed by atoms with E-state index in [0.717, 1.165) is 21.9 Å². The van der Waals surface area contributed by atoms with Gasteiger partial charge in [-0.05, 0) is 54.3 Å². The van der Waals surface area contributed by atoms with Crippen LogP contribution in [-0.2, 0) is 21.7 Å². The van der Waals surface area contributed by atoms with Gasteiger partial charge in [0.25, 0.3) is 0 Å². The molecule has 160 valence electrons. The Balaban J connectivity index is 1.49. The molecule has 1 N–H and O–H groups in total. The van der Waals surface area contributed by atoms with Crippen LogP contribution in [0.2, 0.25) is 0 Å². The lowest BCUT2D eigenvalue weighted by molar-refractivity contribution is -0.139. The molecule has 0 aliphatic carbocycles. The van der Waals surface area contributed by atoms with Crippen LogP contribution < -0.4 is 5.32 Å². The Morgan fingerprint density at radius 1 is 1.10 bits per heavy atom. The predicted octanol–water partition coefficient (Wildman–Crippen LogP) is 4.77. The smallest absolute Gasteiger partial charge is 0.225 e. The van der Waals surface area contributed by atoms with Gasteiger partial charge in [-0.3, -0.25) is 9.59 Å². The first kappa shape index (κ1) is 21.0. The molecule has 2 amide bonds. The van der Waals surface area contributed by atoms with Crippen molar-refractivity contribution >= 4 is 22.6 Å². The van der Waals surface area contributed by atoms with Crippen molar-refractivity contribution in [3.05, 3.63) is 83.7 Å². The van der Waals surface area contributed by atoms with Crippen molar-refractivity contribution < 1.29 is 14.0 Å².